The van der Waals surface area contributed by atoms with E-state index < -0.39 is 0 Å². The summed E-state index contributed by atoms with van der Waals surface area (Å²) in [5, 5.41) is 0. The van der Waals surface area contributed by atoms with Gasteiger partial charge in [-0.2, -0.15) is 0 Å². The molecule has 72 valence electrons. The highest BCUT2D eigenvalue weighted by Crippen LogP contribution is 2.11. The Balaban J connectivity index is 2.64. The van der Waals surface area contributed by atoms with Gasteiger partial charge in [0.05, 0.1) is 0 Å². The molecule has 0 fully saturated rings. The van der Waals surface area contributed by atoms with E-state index in [2.05, 4.69) is 6.92 Å². The first-order chi connectivity index (χ1) is 6.09. The van der Waals surface area contributed by atoms with Crippen molar-refractivity contribution < 1.29 is 4.39 Å². The standard InChI is InChI=1S/C11H16FN/c1-8(9(2)13)6-10-4-3-5-11(12)7-10/h3-5,7-9H,6,13H2,1-2H3. The predicted molar refractivity (Wildman–Crippen MR) is 52.9 cm³/mol. The van der Waals surface area contributed by atoms with Crippen LogP contribution >= 0.6 is 0 Å². The van der Waals surface area contributed by atoms with Crippen molar-refractivity contribution in [3.8, 4) is 0 Å². The average molecular weight is 181 g/mol. The van der Waals surface area contributed by atoms with Gasteiger partial charge < -0.3 is 5.73 Å². The molecular weight excluding hydrogens is 165 g/mol. The molecule has 0 radical (unpaired) electrons. The van der Waals surface area contributed by atoms with Crippen LogP contribution in [0.3, 0.4) is 0 Å². The Morgan fingerprint density at radius 3 is 2.62 bits per heavy atom. The second-order valence-corrected chi connectivity index (χ2v) is 3.67. The van der Waals surface area contributed by atoms with Crippen molar-refractivity contribution in [3.05, 3.63) is 35.6 Å². The summed E-state index contributed by atoms with van der Waals surface area (Å²) in [6.45, 7) is 4.06. The summed E-state index contributed by atoms with van der Waals surface area (Å²) >= 11 is 0. The van der Waals surface area contributed by atoms with Crippen LogP contribution in [0, 0.1) is 11.7 Å². The van der Waals surface area contributed by atoms with Crippen LogP contribution in [0.1, 0.15) is 19.4 Å². The van der Waals surface area contributed by atoms with Crippen LogP contribution in [-0.2, 0) is 6.42 Å². The zero-order chi connectivity index (χ0) is 9.84. The van der Waals surface area contributed by atoms with Gasteiger partial charge in [-0.05, 0) is 37.0 Å². The molecule has 1 aromatic carbocycles. The van der Waals surface area contributed by atoms with Gasteiger partial charge in [-0.25, -0.2) is 4.39 Å². The molecule has 1 aromatic rings. The van der Waals surface area contributed by atoms with Gasteiger partial charge >= 0.3 is 0 Å². The first-order valence-corrected chi connectivity index (χ1v) is 4.59. The van der Waals surface area contributed by atoms with E-state index in [1.165, 1.54) is 6.07 Å². The fraction of sp³-hybridized carbons (Fsp3) is 0.455. The van der Waals surface area contributed by atoms with Crippen molar-refractivity contribution in [1.82, 2.24) is 0 Å². The number of nitrogens with two attached hydrogens (primary N) is 1. The maximum Gasteiger partial charge on any atom is 0.123 e. The molecule has 0 aliphatic rings. The molecule has 0 bridgehead atoms. The fourth-order valence-electron chi connectivity index (χ4n) is 1.22. The summed E-state index contributed by atoms with van der Waals surface area (Å²) in [4.78, 5) is 0. The van der Waals surface area contributed by atoms with Crippen molar-refractivity contribution >= 4 is 0 Å². The Morgan fingerprint density at radius 2 is 2.08 bits per heavy atom. The lowest BCUT2D eigenvalue weighted by atomic mass is 9.96. The van der Waals surface area contributed by atoms with Crippen LogP contribution in [0.15, 0.2) is 24.3 Å². The van der Waals surface area contributed by atoms with E-state index in [-0.39, 0.29) is 11.9 Å². The van der Waals surface area contributed by atoms with E-state index in [9.17, 15) is 4.39 Å². The lowest BCUT2D eigenvalue weighted by Crippen LogP contribution is -2.25. The van der Waals surface area contributed by atoms with E-state index in [0.29, 0.717) is 5.92 Å². The summed E-state index contributed by atoms with van der Waals surface area (Å²) in [5.41, 5.74) is 6.75. The van der Waals surface area contributed by atoms with Gasteiger partial charge in [0.15, 0.2) is 0 Å². The highest BCUT2D eigenvalue weighted by molar-refractivity contribution is 5.16. The summed E-state index contributed by atoms with van der Waals surface area (Å²) in [5.74, 6) is 0.219. The molecule has 2 atom stereocenters. The van der Waals surface area contributed by atoms with Crippen LogP contribution < -0.4 is 5.73 Å². The molecule has 0 aliphatic carbocycles. The van der Waals surface area contributed by atoms with Crippen molar-refractivity contribution in [2.75, 3.05) is 0 Å². The summed E-state index contributed by atoms with van der Waals surface area (Å²) < 4.78 is 12.8. The normalized spacial score (nSPS) is 15.4. The van der Waals surface area contributed by atoms with Crippen molar-refractivity contribution in [2.24, 2.45) is 11.7 Å². The minimum absolute atomic E-state index is 0.156. The monoisotopic (exact) mass is 181 g/mol. The molecule has 0 saturated carbocycles. The molecule has 0 amide bonds. The SMILES string of the molecule is CC(N)C(C)Cc1cccc(F)c1. The summed E-state index contributed by atoms with van der Waals surface area (Å²) in [7, 11) is 0. The highest BCUT2D eigenvalue weighted by Gasteiger charge is 2.08. The molecule has 2 unspecified atom stereocenters. The Labute approximate surface area is 78.8 Å². The van der Waals surface area contributed by atoms with Gasteiger partial charge in [-0.15, -0.1) is 0 Å². The molecule has 2 heteroatoms. The number of rotatable bonds is 3. The van der Waals surface area contributed by atoms with Crippen LogP contribution in [0.5, 0.6) is 0 Å². The van der Waals surface area contributed by atoms with Gasteiger partial charge in [0.2, 0.25) is 0 Å². The molecule has 1 rings (SSSR count). The fourth-order valence-corrected chi connectivity index (χ4v) is 1.22. The van der Waals surface area contributed by atoms with E-state index in [1.807, 2.05) is 13.0 Å². The maximum atomic E-state index is 12.8. The lowest BCUT2D eigenvalue weighted by molar-refractivity contribution is 0.480. The Bertz CT molecular complexity index is 271. The Hall–Kier alpha value is -0.890. The number of hydrogen-bond donors (Lipinski definition) is 1. The molecule has 13 heavy (non-hydrogen) atoms. The van der Waals surface area contributed by atoms with E-state index in [4.69, 9.17) is 5.73 Å². The van der Waals surface area contributed by atoms with Gasteiger partial charge in [0, 0.05) is 6.04 Å². The summed E-state index contributed by atoms with van der Waals surface area (Å²) in [6.07, 6.45) is 0.843. The minimum Gasteiger partial charge on any atom is -0.328 e. The molecule has 0 heterocycles. The van der Waals surface area contributed by atoms with Crippen LogP contribution in [0.4, 0.5) is 4.39 Å². The molecule has 0 spiro atoms. The zero-order valence-electron chi connectivity index (χ0n) is 8.13. The van der Waals surface area contributed by atoms with Crippen molar-refractivity contribution in [2.45, 2.75) is 26.3 Å². The molecule has 0 aliphatic heterocycles. The Kier molecular flexibility index (Phi) is 3.43. The molecule has 0 saturated heterocycles. The van der Waals surface area contributed by atoms with Gasteiger partial charge in [0.1, 0.15) is 5.82 Å². The highest BCUT2D eigenvalue weighted by atomic mass is 19.1. The van der Waals surface area contributed by atoms with Crippen molar-refractivity contribution in [1.29, 1.82) is 0 Å². The topological polar surface area (TPSA) is 26.0 Å². The van der Waals surface area contributed by atoms with Gasteiger partial charge in [-0.1, -0.05) is 19.1 Å². The number of halogens is 1. The quantitative estimate of drug-likeness (QED) is 0.761. The van der Waals surface area contributed by atoms with Crippen LogP contribution in [-0.4, -0.2) is 6.04 Å². The predicted octanol–water partition coefficient (Wildman–Crippen LogP) is 2.35. The van der Waals surface area contributed by atoms with E-state index in [0.717, 1.165) is 12.0 Å². The van der Waals surface area contributed by atoms with Crippen LogP contribution in [0.2, 0.25) is 0 Å². The second-order valence-electron chi connectivity index (χ2n) is 3.67. The number of hydrogen-bond acceptors (Lipinski definition) is 1. The Morgan fingerprint density at radius 1 is 1.38 bits per heavy atom. The third kappa shape index (κ3) is 3.15. The smallest absolute Gasteiger partial charge is 0.123 e. The first-order valence-electron chi connectivity index (χ1n) is 4.59. The summed E-state index contributed by atoms with van der Waals surface area (Å²) in [6, 6.07) is 6.85. The molecule has 0 aromatic heterocycles. The van der Waals surface area contributed by atoms with E-state index >= 15 is 0 Å². The third-order valence-corrected chi connectivity index (χ3v) is 2.34. The van der Waals surface area contributed by atoms with E-state index in [1.54, 1.807) is 12.1 Å². The van der Waals surface area contributed by atoms with Gasteiger partial charge in [-0.3, -0.25) is 0 Å². The zero-order valence-corrected chi connectivity index (χ0v) is 8.13. The largest absolute Gasteiger partial charge is 0.328 e. The third-order valence-electron chi connectivity index (χ3n) is 2.34. The first kappa shape index (κ1) is 10.2. The number of benzene rings is 1. The molecule has 1 nitrogen and oxygen atoms in total. The maximum absolute atomic E-state index is 12.8. The van der Waals surface area contributed by atoms with Crippen molar-refractivity contribution in [3.63, 3.8) is 0 Å². The molecule has 2 N–H and O–H groups in total. The minimum atomic E-state index is -0.172. The molecular formula is C11H16FN. The van der Waals surface area contributed by atoms with Gasteiger partial charge in [0.25, 0.3) is 0 Å². The van der Waals surface area contributed by atoms with Crippen LogP contribution in [0.25, 0.3) is 0 Å². The second kappa shape index (κ2) is 4.38. The average Bonchev–Trinajstić information content (AvgIpc) is 2.04. The lowest BCUT2D eigenvalue weighted by Gasteiger charge is -2.15.